The molecule has 1 aliphatic rings. The highest BCUT2D eigenvalue weighted by molar-refractivity contribution is 6.51. The summed E-state index contributed by atoms with van der Waals surface area (Å²) >= 11 is 0. The van der Waals surface area contributed by atoms with Crippen molar-refractivity contribution in [3.8, 4) is 11.5 Å². The minimum absolute atomic E-state index is 0.0227. The molecule has 1 N–H and O–H groups in total. The van der Waals surface area contributed by atoms with Gasteiger partial charge in [0.15, 0.2) is 0 Å². The van der Waals surface area contributed by atoms with Crippen molar-refractivity contribution in [2.24, 2.45) is 0 Å². The molecular weight excluding hydrogens is 456 g/mol. The maximum atomic E-state index is 13.4. The van der Waals surface area contributed by atoms with Gasteiger partial charge in [0.2, 0.25) is 0 Å². The van der Waals surface area contributed by atoms with Crippen molar-refractivity contribution in [2.75, 3.05) is 37.1 Å². The standard InChI is InChI=1S/C29H30N2O5/c1-5-35-23-16-10-19(11-17-23)27(32)25-26(20-8-7-9-24(18-20)36-6-2)31(29(34)28(25)33)22-14-12-21(13-15-22)30(3)4/h7-18,26,32H,5-6H2,1-4H3/b27-25-. The maximum Gasteiger partial charge on any atom is 0.300 e. The Morgan fingerprint density at radius 3 is 2.14 bits per heavy atom. The molecular formula is C29H30N2O5. The van der Waals surface area contributed by atoms with Gasteiger partial charge < -0.3 is 19.5 Å². The van der Waals surface area contributed by atoms with Crippen LogP contribution in [0.4, 0.5) is 11.4 Å². The van der Waals surface area contributed by atoms with E-state index < -0.39 is 17.7 Å². The Balaban J connectivity index is 1.87. The second kappa shape index (κ2) is 10.6. The van der Waals surface area contributed by atoms with Gasteiger partial charge in [-0.15, -0.1) is 0 Å². The minimum Gasteiger partial charge on any atom is -0.507 e. The summed E-state index contributed by atoms with van der Waals surface area (Å²) in [4.78, 5) is 30.1. The molecule has 1 unspecified atom stereocenters. The van der Waals surface area contributed by atoms with Crippen LogP contribution in [0.1, 0.15) is 31.0 Å². The first-order valence-electron chi connectivity index (χ1n) is 11.9. The van der Waals surface area contributed by atoms with Gasteiger partial charge in [-0.25, -0.2) is 0 Å². The molecule has 7 heteroatoms. The molecule has 3 aromatic rings. The van der Waals surface area contributed by atoms with Crippen molar-refractivity contribution in [1.82, 2.24) is 0 Å². The lowest BCUT2D eigenvalue weighted by atomic mass is 9.95. The Hall–Kier alpha value is -4.26. The van der Waals surface area contributed by atoms with Crippen LogP contribution in [-0.2, 0) is 9.59 Å². The van der Waals surface area contributed by atoms with Crippen molar-refractivity contribution in [1.29, 1.82) is 0 Å². The first kappa shape index (κ1) is 24.9. The zero-order valence-corrected chi connectivity index (χ0v) is 20.9. The predicted octanol–water partition coefficient (Wildman–Crippen LogP) is 5.18. The maximum absolute atomic E-state index is 13.4. The largest absolute Gasteiger partial charge is 0.507 e. The SMILES string of the molecule is CCOc1ccc(/C(O)=C2/C(=O)C(=O)N(c3ccc(N(C)C)cc3)C2c2cccc(OCC)c2)cc1. The van der Waals surface area contributed by atoms with Gasteiger partial charge in [0.25, 0.3) is 11.7 Å². The van der Waals surface area contributed by atoms with Gasteiger partial charge in [0, 0.05) is 31.0 Å². The van der Waals surface area contributed by atoms with Crippen molar-refractivity contribution in [3.05, 3.63) is 89.5 Å². The van der Waals surface area contributed by atoms with Crippen molar-refractivity contribution >= 4 is 28.8 Å². The van der Waals surface area contributed by atoms with E-state index in [1.54, 1.807) is 42.5 Å². The third kappa shape index (κ3) is 4.77. The number of hydrogen-bond acceptors (Lipinski definition) is 6. The number of carbonyl (C=O) groups excluding carboxylic acids is 2. The molecule has 0 radical (unpaired) electrons. The summed E-state index contributed by atoms with van der Waals surface area (Å²) in [5.41, 5.74) is 2.61. The Morgan fingerprint density at radius 2 is 1.53 bits per heavy atom. The van der Waals surface area contributed by atoms with Crippen molar-refractivity contribution in [2.45, 2.75) is 19.9 Å². The van der Waals surface area contributed by atoms with E-state index >= 15 is 0 Å². The van der Waals surface area contributed by atoms with Crippen LogP contribution in [0.25, 0.3) is 5.76 Å². The summed E-state index contributed by atoms with van der Waals surface area (Å²) in [5.74, 6) is -0.423. The van der Waals surface area contributed by atoms with E-state index in [4.69, 9.17) is 9.47 Å². The highest BCUT2D eigenvalue weighted by atomic mass is 16.5. The first-order chi connectivity index (χ1) is 17.3. The third-order valence-electron chi connectivity index (χ3n) is 6.01. The fourth-order valence-electron chi connectivity index (χ4n) is 4.30. The normalized spacial score (nSPS) is 16.8. The second-order valence-corrected chi connectivity index (χ2v) is 8.54. The molecule has 0 saturated carbocycles. The van der Waals surface area contributed by atoms with Crippen molar-refractivity contribution < 1.29 is 24.2 Å². The number of ketones is 1. The fourth-order valence-corrected chi connectivity index (χ4v) is 4.30. The lowest BCUT2D eigenvalue weighted by molar-refractivity contribution is -0.132. The van der Waals surface area contributed by atoms with E-state index in [0.717, 1.165) is 5.69 Å². The predicted molar refractivity (Wildman–Crippen MR) is 141 cm³/mol. The van der Waals surface area contributed by atoms with Gasteiger partial charge in [-0.1, -0.05) is 12.1 Å². The summed E-state index contributed by atoms with van der Waals surface area (Å²) < 4.78 is 11.2. The number of benzene rings is 3. The number of nitrogens with zero attached hydrogens (tertiary/aromatic N) is 2. The fraction of sp³-hybridized carbons (Fsp3) is 0.241. The average Bonchev–Trinajstić information content (AvgIpc) is 3.15. The molecule has 1 heterocycles. The topological polar surface area (TPSA) is 79.3 Å². The summed E-state index contributed by atoms with van der Waals surface area (Å²) in [5, 5.41) is 11.3. The summed E-state index contributed by atoms with van der Waals surface area (Å²) in [6.07, 6.45) is 0. The van der Waals surface area contributed by atoms with Crippen LogP contribution in [0.15, 0.2) is 78.4 Å². The van der Waals surface area contributed by atoms with Crippen LogP contribution in [-0.4, -0.2) is 44.1 Å². The highest BCUT2D eigenvalue weighted by Gasteiger charge is 2.47. The van der Waals surface area contributed by atoms with Crippen LogP contribution in [0, 0.1) is 0 Å². The molecule has 1 amide bonds. The number of hydrogen-bond donors (Lipinski definition) is 1. The minimum atomic E-state index is -0.831. The van der Waals surface area contributed by atoms with Crippen LogP contribution in [0.2, 0.25) is 0 Å². The van der Waals surface area contributed by atoms with Gasteiger partial charge in [-0.3, -0.25) is 14.5 Å². The monoisotopic (exact) mass is 486 g/mol. The molecule has 0 aliphatic carbocycles. The van der Waals surface area contributed by atoms with Gasteiger partial charge in [0.05, 0.1) is 24.8 Å². The molecule has 4 rings (SSSR count). The Kier molecular flexibility index (Phi) is 7.29. The zero-order chi connectivity index (χ0) is 25.8. The third-order valence-corrected chi connectivity index (χ3v) is 6.01. The molecule has 3 aromatic carbocycles. The van der Waals surface area contributed by atoms with E-state index in [1.807, 2.05) is 63.2 Å². The molecule has 0 spiro atoms. The molecule has 186 valence electrons. The quantitative estimate of drug-likeness (QED) is 0.269. The van der Waals surface area contributed by atoms with Gasteiger partial charge >= 0.3 is 0 Å². The number of carbonyl (C=O) groups is 2. The summed E-state index contributed by atoms with van der Waals surface area (Å²) in [7, 11) is 3.86. The number of anilines is 2. The van der Waals surface area contributed by atoms with E-state index in [9.17, 15) is 14.7 Å². The van der Waals surface area contributed by atoms with E-state index in [-0.39, 0.29) is 11.3 Å². The Bertz CT molecular complexity index is 1280. The summed E-state index contributed by atoms with van der Waals surface area (Å²) in [6.45, 7) is 4.76. The molecule has 0 bridgehead atoms. The Labute approximate surface area is 211 Å². The first-order valence-corrected chi connectivity index (χ1v) is 11.9. The van der Waals surface area contributed by atoms with Crippen molar-refractivity contribution in [3.63, 3.8) is 0 Å². The van der Waals surface area contributed by atoms with Crippen LogP contribution in [0.3, 0.4) is 0 Å². The second-order valence-electron chi connectivity index (χ2n) is 8.54. The lowest BCUT2D eigenvalue weighted by Gasteiger charge is -2.26. The number of aliphatic hydroxyl groups excluding tert-OH is 1. The van der Waals surface area contributed by atoms with Crippen LogP contribution in [0.5, 0.6) is 11.5 Å². The smallest absolute Gasteiger partial charge is 0.300 e. The number of aliphatic hydroxyl groups is 1. The molecule has 1 fully saturated rings. The molecule has 1 atom stereocenters. The summed E-state index contributed by atoms with van der Waals surface area (Å²) in [6, 6.07) is 20.6. The zero-order valence-electron chi connectivity index (χ0n) is 20.9. The molecule has 0 aromatic heterocycles. The van der Waals surface area contributed by atoms with E-state index in [0.29, 0.717) is 41.5 Å². The molecule has 1 aliphatic heterocycles. The Morgan fingerprint density at radius 1 is 0.889 bits per heavy atom. The van der Waals surface area contributed by atoms with Gasteiger partial charge in [0.1, 0.15) is 17.3 Å². The number of Topliss-reactive ketones (excluding diaryl/α,β-unsaturated/α-hetero) is 1. The van der Waals surface area contributed by atoms with Crippen LogP contribution >= 0.6 is 0 Å². The number of amides is 1. The number of ether oxygens (including phenoxy) is 2. The van der Waals surface area contributed by atoms with E-state index in [1.165, 1.54) is 4.90 Å². The lowest BCUT2D eigenvalue weighted by Crippen LogP contribution is -2.29. The van der Waals surface area contributed by atoms with E-state index in [2.05, 4.69) is 0 Å². The highest BCUT2D eigenvalue weighted by Crippen LogP contribution is 2.43. The van der Waals surface area contributed by atoms with Gasteiger partial charge in [-0.2, -0.15) is 0 Å². The molecule has 36 heavy (non-hydrogen) atoms. The molecule has 7 nitrogen and oxygen atoms in total. The number of rotatable bonds is 8. The van der Waals surface area contributed by atoms with Crippen LogP contribution < -0.4 is 19.3 Å². The molecule has 1 saturated heterocycles. The van der Waals surface area contributed by atoms with Gasteiger partial charge in [-0.05, 0) is 80.1 Å². The average molecular weight is 487 g/mol.